The number of anilines is 1. The topological polar surface area (TPSA) is 114 Å². The highest BCUT2D eigenvalue weighted by atomic mass is 32.2. The number of nitrogens with zero attached hydrogens (tertiary/aromatic N) is 2. The summed E-state index contributed by atoms with van der Waals surface area (Å²) < 4.78 is 26.4. The standard InChI is InChI=1S/C17H15N3O4S/c1-11-3-2-4-13(14(11)9-18)7-12-5-6-15(16(21)8-12)20-10-17(22)19-25(20,23)24/h2-6,8,10,19,21-22H,7H2,1H3. The predicted molar refractivity (Wildman–Crippen MR) is 92.1 cm³/mol. The molecule has 2 aromatic rings. The minimum Gasteiger partial charge on any atom is -0.506 e. The third-order valence-corrected chi connectivity index (χ3v) is 5.16. The molecular formula is C17H15N3O4S. The van der Waals surface area contributed by atoms with Crippen LogP contribution < -0.4 is 9.03 Å². The third kappa shape index (κ3) is 3.09. The highest BCUT2D eigenvalue weighted by Crippen LogP contribution is 2.33. The van der Waals surface area contributed by atoms with Gasteiger partial charge in [-0.15, -0.1) is 0 Å². The summed E-state index contributed by atoms with van der Waals surface area (Å²) in [7, 11) is -3.96. The third-order valence-electron chi connectivity index (χ3n) is 3.87. The number of nitrogens with one attached hydrogen (secondary N) is 1. The van der Waals surface area contributed by atoms with Crippen LogP contribution in [0.1, 0.15) is 22.3 Å². The molecule has 0 fully saturated rings. The van der Waals surface area contributed by atoms with Crippen molar-refractivity contribution < 1.29 is 18.6 Å². The van der Waals surface area contributed by atoms with Crippen molar-refractivity contribution in [1.82, 2.24) is 4.72 Å². The Morgan fingerprint density at radius 2 is 2.00 bits per heavy atom. The van der Waals surface area contributed by atoms with Gasteiger partial charge in [-0.3, -0.25) is 0 Å². The molecule has 2 aromatic carbocycles. The average Bonchev–Trinajstić information content (AvgIpc) is 2.80. The van der Waals surface area contributed by atoms with Crippen LogP contribution in [0.15, 0.2) is 48.5 Å². The van der Waals surface area contributed by atoms with Crippen molar-refractivity contribution in [1.29, 1.82) is 5.26 Å². The Hall–Kier alpha value is -3.18. The molecule has 0 unspecified atom stereocenters. The lowest BCUT2D eigenvalue weighted by molar-refractivity contribution is 0.392. The summed E-state index contributed by atoms with van der Waals surface area (Å²) in [5, 5.41) is 28.8. The van der Waals surface area contributed by atoms with Crippen molar-refractivity contribution >= 4 is 15.9 Å². The molecule has 0 aliphatic carbocycles. The summed E-state index contributed by atoms with van der Waals surface area (Å²) in [5.74, 6) is -0.776. The van der Waals surface area contributed by atoms with Crippen molar-refractivity contribution in [3.8, 4) is 11.8 Å². The average molecular weight is 357 g/mol. The molecule has 0 spiro atoms. The van der Waals surface area contributed by atoms with Crippen molar-refractivity contribution in [3.05, 3.63) is 70.7 Å². The molecule has 3 N–H and O–H groups in total. The molecule has 0 saturated carbocycles. The van der Waals surface area contributed by atoms with E-state index in [-0.39, 0.29) is 11.4 Å². The van der Waals surface area contributed by atoms with Crippen LogP contribution in [0.3, 0.4) is 0 Å². The molecule has 0 amide bonds. The second-order valence-electron chi connectivity index (χ2n) is 5.64. The molecule has 8 heteroatoms. The van der Waals surface area contributed by atoms with E-state index in [2.05, 4.69) is 6.07 Å². The van der Waals surface area contributed by atoms with E-state index in [1.807, 2.05) is 29.8 Å². The molecule has 128 valence electrons. The first-order chi connectivity index (χ1) is 11.8. The van der Waals surface area contributed by atoms with Crippen LogP contribution >= 0.6 is 0 Å². The molecule has 25 heavy (non-hydrogen) atoms. The van der Waals surface area contributed by atoms with Gasteiger partial charge in [-0.05, 0) is 42.2 Å². The van der Waals surface area contributed by atoms with Crippen LogP contribution in [0, 0.1) is 18.3 Å². The van der Waals surface area contributed by atoms with Gasteiger partial charge < -0.3 is 10.2 Å². The van der Waals surface area contributed by atoms with Gasteiger partial charge in [-0.2, -0.15) is 13.7 Å². The van der Waals surface area contributed by atoms with Gasteiger partial charge in [0.2, 0.25) is 5.88 Å². The van der Waals surface area contributed by atoms with Crippen LogP contribution in [0.5, 0.6) is 5.75 Å². The van der Waals surface area contributed by atoms with E-state index in [0.29, 0.717) is 12.0 Å². The molecule has 0 atom stereocenters. The van der Waals surface area contributed by atoms with E-state index >= 15 is 0 Å². The molecular weight excluding hydrogens is 342 g/mol. The number of nitriles is 1. The number of hydrogen-bond acceptors (Lipinski definition) is 5. The van der Waals surface area contributed by atoms with E-state index < -0.39 is 16.1 Å². The Morgan fingerprint density at radius 1 is 1.24 bits per heavy atom. The molecule has 0 radical (unpaired) electrons. The van der Waals surface area contributed by atoms with E-state index in [9.17, 15) is 23.9 Å². The first-order valence-electron chi connectivity index (χ1n) is 7.35. The molecule has 0 aromatic heterocycles. The molecule has 1 aliphatic heterocycles. The number of phenols is 1. The minimum atomic E-state index is -3.96. The van der Waals surface area contributed by atoms with Gasteiger partial charge in [-0.25, -0.2) is 9.03 Å². The second kappa shape index (κ2) is 6.03. The number of aliphatic hydroxyl groups excluding tert-OH is 1. The van der Waals surface area contributed by atoms with Crippen LogP contribution in [-0.4, -0.2) is 18.6 Å². The monoisotopic (exact) mass is 357 g/mol. The fraction of sp³-hybridized carbons (Fsp3) is 0.118. The molecule has 1 aliphatic rings. The van der Waals surface area contributed by atoms with Crippen molar-refractivity contribution in [2.24, 2.45) is 0 Å². The normalized spacial score (nSPS) is 15.4. The van der Waals surface area contributed by atoms with Gasteiger partial charge in [-0.1, -0.05) is 24.3 Å². The summed E-state index contributed by atoms with van der Waals surface area (Å²) in [6, 6.07) is 12.3. The van der Waals surface area contributed by atoms with Gasteiger partial charge in [0.25, 0.3) is 0 Å². The van der Waals surface area contributed by atoms with Crippen LogP contribution in [-0.2, 0) is 16.6 Å². The Kier molecular flexibility index (Phi) is 4.02. The number of rotatable bonds is 3. The maximum atomic E-state index is 11.9. The van der Waals surface area contributed by atoms with E-state index in [0.717, 1.165) is 27.2 Å². The summed E-state index contributed by atoms with van der Waals surface area (Å²) in [6.07, 6.45) is 1.39. The van der Waals surface area contributed by atoms with E-state index in [4.69, 9.17) is 0 Å². The Labute approximate surface area is 145 Å². The summed E-state index contributed by atoms with van der Waals surface area (Å²) in [5.41, 5.74) is 3.02. The highest BCUT2D eigenvalue weighted by molar-refractivity contribution is 7.91. The fourth-order valence-corrected chi connectivity index (χ4v) is 3.78. The number of aromatic hydroxyl groups is 1. The Morgan fingerprint density at radius 3 is 2.60 bits per heavy atom. The maximum absolute atomic E-state index is 11.9. The van der Waals surface area contributed by atoms with Crippen LogP contribution in [0.4, 0.5) is 5.69 Å². The number of benzene rings is 2. The second-order valence-corrected chi connectivity index (χ2v) is 7.19. The zero-order valence-electron chi connectivity index (χ0n) is 13.3. The minimum absolute atomic E-state index is 0.0186. The number of aliphatic hydroxyl groups is 1. The SMILES string of the molecule is Cc1cccc(Cc2ccc(N3C=C(O)NS3(=O)=O)c(O)c2)c1C#N. The van der Waals surface area contributed by atoms with Gasteiger partial charge in [0.15, 0.2) is 0 Å². The number of aryl methyl sites for hydroxylation is 1. The van der Waals surface area contributed by atoms with Crippen molar-refractivity contribution in [3.63, 3.8) is 0 Å². The summed E-state index contributed by atoms with van der Waals surface area (Å²) in [6.45, 7) is 1.85. The van der Waals surface area contributed by atoms with Gasteiger partial charge in [0.1, 0.15) is 11.4 Å². The van der Waals surface area contributed by atoms with Gasteiger partial charge in [0.05, 0.1) is 17.8 Å². The van der Waals surface area contributed by atoms with Crippen LogP contribution in [0.2, 0.25) is 0 Å². The Bertz CT molecular complexity index is 1020. The first kappa shape index (κ1) is 16.7. The summed E-state index contributed by atoms with van der Waals surface area (Å²) in [4.78, 5) is 0. The molecule has 0 saturated heterocycles. The van der Waals surface area contributed by atoms with Gasteiger partial charge >= 0.3 is 10.2 Å². The predicted octanol–water partition coefficient (Wildman–Crippen LogP) is 2.17. The quantitative estimate of drug-likeness (QED) is 0.779. The number of phenolic OH excluding ortho intramolecular Hbond substituents is 1. The lowest BCUT2D eigenvalue weighted by Crippen LogP contribution is -2.29. The first-order valence-corrected chi connectivity index (χ1v) is 8.79. The fourth-order valence-electron chi connectivity index (χ4n) is 2.71. The molecule has 1 heterocycles. The Balaban J connectivity index is 1.94. The smallest absolute Gasteiger partial charge is 0.330 e. The van der Waals surface area contributed by atoms with E-state index in [1.54, 1.807) is 6.07 Å². The number of hydrogen-bond donors (Lipinski definition) is 3. The van der Waals surface area contributed by atoms with Crippen molar-refractivity contribution in [2.45, 2.75) is 13.3 Å². The molecule has 7 nitrogen and oxygen atoms in total. The molecule has 0 bridgehead atoms. The zero-order valence-corrected chi connectivity index (χ0v) is 14.1. The highest BCUT2D eigenvalue weighted by Gasteiger charge is 2.30. The summed E-state index contributed by atoms with van der Waals surface area (Å²) >= 11 is 0. The van der Waals surface area contributed by atoms with Crippen LogP contribution in [0.25, 0.3) is 0 Å². The molecule has 3 rings (SSSR count). The van der Waals surface area contributed by atoms with Gasteiger partial charge in [0, 0.05) is 0 Å². The lowest BCUT2D eigenvalue weighted by Gasteiger charge is -2.16. The maximum Gasteiger partial charge on any atom is 0.330 e. The zero-order chi connectivity index (χ0) is 18.2. The van der Waals surface area contributed by atoms with E-state index in [1.165, 1.54) is 12.1 Å². The van der Waals surface area contributed by atoms with Crippen molar-refractivity contribution in [2.75, 3.05) is 4.31 Å². The largest absolute Gasteiger partial charge is 0.506 e. The lowest BCUT2D eigenvalue weighted by atomic mass is 9.97.